The number of carbonyl (C=O) groups excluding carboxylic acids is 1. The summed E-state index contributed by atoms with van der Waals surface area (Å²) in [5, 5.41) is 0.689. The smallest absolute Gasteiger partial charge is 0.343 e. The molecule has 0 aliphatic carbocycles. The summed E-state index contributed by atoms with van der Waals surface area (Å²) in [5.74, 6) is -3.33. The molecule has 1 heterocycles. The number of methoxy groups -OCH3 is 1. The maximum Gasteiger partial charge on any atom is 0.343 e. The molecule has 4 nitrogen and oxygen atoms in total. The summed E-state index contributed by atoms with van der Waals surface area (Å²) in [6.45, 7) is -0.210. The first-order valence-corrected chi connectivity index (χ1v) is 10.9. The minimum Gasteiger partial charge on any atom is -0.472 e. The van der Waals surface area contributed by atoms with Crippen molar-refractivity contribution >= 4 is 29.2 Å². The SMILES string of the molecule is COC(=O)c1cc(-c2ccc(F)cc2)c(-c2ccc(Cl)cc2Cl)nc1OCc1ccc(F)c(F)c1. The van der Waals surface area contributed by atoms with Crippen LogP contribution >= 0.6 is 23.2 Å². The Morgan fingerprint density at radius 3 is 2.29 bits per heavy atom. The third-order valence-electron chi connectivity index (χ3n) is 5.09. The van der Waals surface area contributed by atoms with Crippen LogP contribution in [0.3, 0.4) is 0 Å². The first-order valence-electron chi connectivity index (χ1n) is 10.2. The number of hydrogen-bond acceptors (Lipinski definition) is 4. The number of carbonyl (C=O) groups is 1. The molecule has 3 aromatic carbocycles. The normalized spacial score (nSPS) is 10.8. The van der Waals surface area contributed by atoms with Gasteiger partial charge in [-0.1, -0.05) is 41.4 Å². The Bertz CT molecular complexity index is 1410. The quantitative estimate of drug-likeness (QED) is 0.248. The number of benzene rings is 3. The molecule has 0 spiro atoms. The van der Waals surface area contributed by atoms with Crippen LogP contribution in [0.2, 0.25) is 10.0 Å². The van der Waals surface area contributed by atoms with Crippen molar-refractivity contribution in [1.82, 2.24) is 4.98 Å². The second-order valence-corrected chi connectivity index (χ2v) is 8.24. The fourth-order valence-electron chi connectivity index (χ4n) is 3.38. The van der Waals surface area contributed by atoms with Crippen LogP contribution in [-0.2, 0) is 11.3 Å². The van der Waals surface area contributed by atoms with E-state index in [2.05, 4.69) is 4.98 Å². The Kier molecular flexibility index (Phi) is 7.28. The first kappa shape index (κ1) is 24.6. The lowest BCUT2D eigenvalue weighted by Gasteiger charge is -2.16. The zero-order valence-corrected chi connectivity index (χ0v) is 19.6. The number of ether oxygens (including phenoxy) is 2. The van der Waals surface area contributed by atoms with Crippen LogP contribution in [0.15, 0.2) is 66.7 Å². The number of esters is 1. The molecule has 0 atom stereocenters. The van der Waals surface area contributed by atoms with Crippen LogP contribution in [-0.4, -0.2) is 18.1 Å². The Balaban J connectivity index is 1.88. The molecule has 0 aliphatic rings. The van der Waals surface area contributed by atoms with E-state index in [1.165, 1.54) is 49.6 Å². The van der Waals surface area contributed by atoms with E-state index in [9.17, 15) is 18.0 Å². The van der Waals surface area contributed by atoms with Gasteiger partial charge in [0.05, 0.1) is 17.8 Å². The van der Waals surface area contributed by atoms with Gasteiger partial charge in [-0.25, -0.2) is 22.9 Å². The molecule has 0 unspecified atom stereocenters. The zero-order chi connectivity index (χ0) is 25.1. The summed E-state index contributed by atoms with van der Waals surface area (Å²) in [7, 11) is 1.20. The van der Waals surface area contributed by atoms with Crippen LogP contribution in [0.25, 0.3) is 22.4 Å². The molecule has 35 heavy (non-hydrogen) atoms. The third kappa shape index (κ3) is 5.42. The molecule has 4 rings (SSSR count). The number of nitrogens with zero attached hydrogens (tertiary/aromatic N) is 1. The Labute approximate surface area is 208 Å². The predicted molar refractivity (Wildman–Crippen MR) is 127 cm³/mol. The maximum absolute atomic E-state index is 13.6. The Hall–Kier alpha value is -3.55. The van der Waals surface area contributed by atoms with Gasteiger partial charge in [-0.2, -0.15) is 0 Å². The molecular weight excluding hydrogens is 502 g/mol. The van der Waals surface area contributed by atoms with Crippen LogP contribution in [0.4, 0.5) is 13.2 Å². The predicted octanol–water partition coefficient (Wildman–Crippen LogP) is 7.51. The summed E-state index contributed by atoms with van der Waals surface area (Å²) < 4.78 is 51.1. The van der Waals surface area contributed by atoms with Gasteiger partial charge >= 0.3 is 5.97 Å². The highest BCUT2D eigenvalue weighted by atomic mass is 35.5. The number of halogens is 5. The Morgan fingerprint density at radius 2 is 1.63 bits per heavy atom. The summed E-state index contributed by atoms with van der Waals surface area (Å²) in [4.78, 5) is 17.1. The monoisotopic (exact) mass is 517 g/mol. The Morgan fingerprint density at radius 1 is 0.886 bits per heavy atom. The van der Waals surface area contributed by atoms with E-state index in [4.69, 9.17) is 32.7 Å². The van der Waals surface area contributed by atoms with E-state index < -0.39 is 23.4 Å². The molecule has 0 bridgehead atoms. The fourth-order valence-corrected chi connectivity index (χ4v) is 3.88. The lowest BCUT2D eigenvalue weighted by molar-refractivity contribution is 0.0594. The van der Waals surface area contributed by atoms with Gasteiger partial charge in [-0.3, -0.25) is 0 Å². The van der Waals surface area contributed by atoms with Gasteiger partial charge in [0.2, 0.25) is 5.88 Å². The van der Waals surface area contributed by atoms with Crippen molar-refractivity contribution in [2.45, 2.75) is 6.61 Å². The molecule has 0 amide bonds. The second kappa shape index (κ2) is 10.4. The highest BCUT2D eigenvalue weighted by molar-refractivity contribution is 6.36. The van der Waals surface area contributed by atoms with Crippen molar-refractivity contribution in [1.29, 1.82) is 0 Å². The van der Waals surface area contributed by atoms with Crippen molar-refractivity contribution in [3.8, 4) is 28.3 Å². The van der Waals surface area contributed by atoms with Crippen molar-refractivity contribution in [2.24, 2.45) is 0 Å². The fraction of sp³-hybridized carbons (Fsp3) is 0.0769. The summed E-state index contributed by atoms with van der Waals surface area (Å²) in [5.41, 5.74) is 2.10. The lowest BCUT2D eigenvalue weighted by Crippen LogP contribution is -2.09. The minimum atomic E-state index is -1.03. The molecule has 0 radical (unpaired) electrons. The van der Waals surface area contributed by atoms with E-state index in [0.717, 1.165) is 12.1 Å². The van der Waals surface area contributed by atoms with Crippen LogP contribution < -0.4 is 4.74 Å². The zero-order valence-electron chi connectivity index (χ0n) is 18.1. The van der Waals surface area contributed by atoms with Gasteiger partial charge in [0, 0.05) is 16.1 Å². The van der Waals surface area contributed by atoms with Gasteiger partial charge in [-0.15, -0.1) is 0 Å². The lowest BCUT2D eigenvalue weighted by atomic mass is 9.97. The van der Waals surface area contributed by atoms with Crippen LogP contribution in [0, 0.1) is 17.5 Å². The van der Waals surface area contributed by atoms with Crippen molar-refractivity contribution in [2.75, 3.05) is 7.11 Å². The van der Waals surface area contributed by atoms with Crippen LogP contribution in [0.1, 0.15) is 15.9 Å². The largest absolute Gasteiger partial charge is 0.472 e. The van der Waals surface area contributed by atoms with Crippen molar-refractivity contribution in [3.63, 3.8) is 0 Å². The minimum absolute atomic E-state index is 0.0248. The molecule has 9 heteroatoms. The summed E-state index contributed by atoms with van der Waals surface area (Å²) >= 11 is 12.5. The summed E-state index contributed by atoms with van der Waals surface area (Å²) in [6, 6.07) is 15.2. The molecule has 0 saturated heterocycles. The molecule has 4 aromatic rings. The van der Waals surface area contributed by atoms with Gasteiger partial charge in [0.15, 0.2) is 11.6 Å². The van der Waals surface area contributed by atoms with Crippen molar-refractivity contribution < 1.29 is 27.4 Å². The van der Waals surface area contributed by atoms with E-state index in [-0.39, 0.29) is 23.1 Å². The van der Waals surface area contributed by atoms with E-state index in [1.54, 1.807) is 12.1 Å². The number of rotatable bonds is 6. The molecule has 0 aliphatic heterocycles. The van der Waals surface area contributed by atoms with E-state index in [1.807, 2.05) is 0 Å². The third-order valence-corrected chi connectivity index (χ3v) is 5.64. The second-order valence-electron chi connectivity index (χ2n) is 7.40. The average molecular weight is 518 g/mol. The molecular formula is C26H16Cl2F3NO3. The van der Waals surface area contributed by atoms with Gasteiger partial charge in [-0.05, 0) is 59.7 Å². The molecule has 0 N–H and O–H groups in total. The summed E-state index contributed by atoms with van der Waals surface area (Å²) in [6.07, 6.45) is 0. The highest BCUT2D eigenvalue weighted by Gasteiger charge is 2.22. The standard InChI is InChI=1S/C26H16Cl2F3NO3/c1-34-26(33)20-12-19(15-3-6-17(29)7-4-15)24(18-8-5-16(27)11-21(18)28)32-25(20)35-13-14-2-9-22(30)23(31)10-14/h2-12H,13H2,1H3. The van der Waals surface area contributed by atoms with Gasteiger partial charge in [0.25, 0.3) is 0 Å². The highest BCUT2D eigenvalue weighted by Crippen LogP contribution is 2.39. The van der Waals surface area contributed by atoms with E-state index in [0.29, 0.717) is 33.0 Å². The van der Waals surface area contributed by atoms with Gasteiger partial charge < -0.3 is 9.47 Å². The molecule has 0 fully saturated rings. The number of pyridine rings is 1. The van der Waals surface area contributed by atoms with Crippen molar-refractivity contribution in [3.05, 3.63) is 105 Å². The average Bonchev–Trinajstić information content (AvgIpc) is 2.84. The maximum atomic E-state index is 13.6. The van der Waals surface area contributed by atoms with Gasteiger partial charge in [0.1, 0.15) is 18.0 Å². The van der Waals surface area contributed by atoms with Crippen LogP contribution in [0.5, 0.6) is 5.88 Å². The molecule has 178 valence electrons. The van der Waals surface area contributed by atoms with E-state index >= 15 is 0 Å². The number of aromatic nitrogens is 1. The molecule has 0 saturated carbocycles. The molecule has 1 aromatic heterocycles. The topological polar surface area (TPSA) is 48.4 Å². The first-order chi connectivity index (χ1) is 16.8. The number of hydrogen-bond donors (Lipinski definition) is 0.